The minimum Gasteiger partial charge on any atom is -0.396 e. The molecule has 2 unspecified atom stereocenters. The largest absolute Gasteiger partial charge is 0.396 e. The zero-order valence-electron chi connectivity index (χ0n) is 9.28. The van der Waals surface area contributed by atoms with Gasteiger partial charge in [0.05, 0.1) is 0 Å². The van der Waals surface area contributed by atoms with Crippen molar-refractivity contribution in [2.45, 2.75) is 57.5 Å². The molecule has 1 heterocycles. The number of aliphatic hydroxyl groups excluding tert-OH is 1. The average Bonchev–Trinajstić information content (AvgIpc) is 2.61. The third-order valence-corrected chi connectivity index (χ3v) is 4.24. The van der Waals surface area contributed by atoms with E-state index in [1.165, 1.54) is 45.1 Å². The zero-order valence-corrected chi connectivity index (χ0v) is 9.28. The van der Waals surface area contributed by atoms with Crippen molar-refractivity contribution in [2.75, 3.05) is 13.2 Å². The van der Waals surface area contributed by atoms with Crippen LogP contribution in [-0.4, -0.2) is 35.2 Å². The van der Waals surface area contributed by atoms with Crippen molar-refractivity contribution in [2.24, 2.45) is 5.92 Å². The Balaban J connectivity index is 1.91. The fraction of sp³-hybridized carbons (Fsp3) is 1.00. The summed E-state index contributed by atoms with van der Waals surface area (Å²) in [6, 6.07) is 1.44. The fourth-order valence-electron chi connectivity index (χ4n) is 3.20. The van der Waals surface area contributed by atoms with Crippen LogP contribution in [0.1, 0.15) is 45.4 Å². The topological polar surface area (TPSA) is 23.5 Å². The van der Waals surface area contributed by atoms with Gasteiger partial charge in [-0.1, -0.05) is 19.3 Å². The highest BCUT2D eigenvalue weighted by molar-refractivity contribution is 4.88. The van der Waals surface area contributed by atoms with Crippen LogP contribution >= 0.6 is 0 Å². The van der Waals surface area contributed by atoms with Crippen LogP contribution in [-0.2, 0) is 0 Å². The molecule has 1 N–H and O–H groups in total. The van der Waals surface area contributed by atoms with E-state index in [-0.39, 0.29) is 0 Å². The Hall–Kier alpha value is -0.0800. The summed E-state index contributed by atoms with van der Waals surface area (Å²) in [6.07, 6.45) is 8.25. The second-order valence-electron chi connectivity index (χ2n) is 5.00. The summed E-state index contributed by atoms with van der Waals surface area (Å²) in [5.41, 5.74) is 0. The average molecular weight is 197 g/mol. The minimum absolute atomic E-state index is 0.379. The first-order chi connectivity index (χ1) is 6.83. The van der Waals surface area contributed by atoms with Crippen molar-refractivity contribution >= 4 is 0 Å². The van der Waals surface area contributed by atoms with Gasteiger partial charge in [0.15, 0.2) is 0 Å². The Morgan fingerprint density at radius 1 is 1.14 bits per heavy atom. The maximum atomic E-state index is 9.23. The molecular weight excluding hydrogens is 174 g/mol. The molecule has 2 nitrogen and oxygen atoms in total. The SMILES string of the molecule is CC1C(CO)CCN1C1CCCCC1. The summed E-state index contributed by atoms with van der Waals surface area (Å²) < 4.78 is 0. The van der Waals surface area contributed by atoms with Gasteiger partial charge in [-0.2, -0.15) is 0 Å². The maximum absolute atomic E-state index is 9.23. The normalized spacial score (nSPS) is 36.4. The second kappa shape index (κ2) is 4.63. The summed E-state index contributed by atoms with van der Waals surface area (Å²) in [6.45, 7) is 3.89. The quantitative estimate of drug-likeness (QED) is 0.732. The Bertz CT molecular complexity index is 177. The van der Waals surface area contributed by atoms with Crippen LogP contribution in [0.3, 0.4) is 0 Å². The van der Waals surface area contributed by atoms with E-state index in [0.717, 1.165) is 6.04 Å². The lowest BCUT2D eigenvalue weighted by Crippen LogP contribution is -2.40. The van der Waals surface area contributed by atoms with Crippen LogP contribution in [0, 0.1) is 5.92 Å². The molecular formula is C12H23NO. The van der Waals surface area contributed by atoms with Gasteiger partial charge in [0.2, 0.25) is 0 Å². The van der Waals surface area contributed by atoms with Crippen LogP contribution in [0.25, 0.3) is 0 Å². The predicted molar refractivity (Wildman–Crippen MR) is 58.2 cm³/mol. The first kappa shape index (κ1) is 10.4. The monoisotopic (exact) mass is 197 g/mol. The zero-order chi connectivity index (χ0) is 9.97. The van der Waals surface area contributed by atoms with Crippen LogP contribution in [0.15, 0.2) is 0 Å². The standard InChI is InChI=1S/C12H23NO/c1-10-11(9-14)7-8-13(10)12-5-3-2-4-6-12/h10-12,14H,2-9H2,1H3. The highest BCUT2D eigenvalue weighted by Crippen LogP contribution is 2.31. The molecule has 82 valence electrons. The van der Waals surface area contributed by atoms with Gasteiger partial charge in [-0.25, -0.2) is 0 Å². The van der Waals surface area contributed by atoms with Crippen molar-refractivity contribution in [1.29, 1.82) is 0 Å². The molecule has 1 aliphatic carbocycles. The molecule has 0 aromatic carbocycles. The smallest absolute Gasteiger partial charge is 0.0474 e. The fourth-order valence-corrected chi connectivity index (χ4v) is 3.20. The Labute approximate surface area is 87.3 Å². The molecule has 0 bridgehead atoms. The van der Waals surface area contributed by atoms with Gasteiger partial charge in [0.25, 0.3) is 0 Å². The molecule has 2 atom stereocenters. The number of hydrogen-bond donors (Lipinski definition) is 1. The molecule has 2 rings (SSSR count). The van der Waals surface area contributed by atoms with Crippen molar-refractivity contribution < 1.29 is 5.11 Å². The van der Waals surface area contributed by atoms with Gasteiger partial charge in [-0.3, -0.25) is 4.90 Å². The molecule has 1 aliphatic heterocycles. The lowest BCUT2D eigenvalue weighted by Gasteiger charge is -2.35. The molecule has 2 heteroatoms. The highest BCUT2D eigenvalue weighted by Gasteiger charge is 2.34. The van der Waals surface area contributed by atoms with Gasteiger partial charge >= 0.3 is 0 Å². The van der Waals surface area contributed by atoms with E-state index in [9.17, 15) is 5.11 Å². The van der Waals surface area contributed by atoms with E-state index in [0.29, 0.717) is 18.6 Å². The number of rotatable bonds is 2. The second-order valence-corrected chi connectivity index (χ2v) is 5.00. The van der Waals surface area contributed by atoms with Gasteiger partial charge in [-0.05, 0) is 38.6 Å². The lowest BCUT2D eigenvalue weighted by atomic mass is 9.93. The lowest BCUT2D eigenvalue weighted by molar-refractivity contribution is 0.119. The molecule has 0 radical (unpaired) electrons. The van der Waals surface area contributed by atoms with Crippen molar-refractivity contribution in [3.05, 3.63) is 0 Å². The third-order valence-electron chi connectivity index (χ3n) is 4.24. The van der Waals surface area contributed by atoms with Crippen LogP contribution in [0.4, 0.5) is 0 Å². The predicted octanol–water partition coefficient (Wildman–Crippen LogP) is 2.02. The van der Waals surface area contributed by atoms with Crippen LogP contribution in [0.5, 0.6) is 0 Å². The summed E-state index contributed by atoms with van der Waals surface area (Å²) in [5, 5.41) is 9.23. The van der Waals surface area contributed by atoms with E-state index >= 15 is 0 Å². The first-order valence-electron chi connectivity index (χ1n) is 6.19. The van der Waals surface area contributed by atoms with Gasteiger partial charge < -0.3 is 5.11 Å². The van der Waals surface area contributed by atoms with E-state index < -0.39 is 0 Å². The minimum atomic E-state index is 0.379. The number of likely N-dealkylation sites (tertiary alicyclic amines) is 1. The molecule has 14 heavy (non-hydrogen) atoms. The van der Waals surface area contributed by atoms with Crippen molar-refractivity contribution in [3.63, 3.8) is 0 Å². The number of nitrogens with zero attached hydrogens (tertiary/aromatic N) is 1. The van der Waals surface area contributed by atoms with Crippen LogP contribution < -0.4 is 0 Å². The number of hydrogen-bond acceptors (Lipinski definition) is 2. The number of aliphatic hydroxyl groups is 1. The summed E-state index contributed by atoms with van der Waals surface area (Å²) >= 11 is 0. The Morgan fingerprint density at radius 2 is 1.86 bits per heavy atom. The van der Waals surface area contributed by atoms with Gasteiger partial charge in [-0.15, -0.1) is 0 Å². The van der Waals surface area contributed by atoms with Crippen molar-refractivity contribution in [1.82, 2.24) is 4.90 Å². The van der Waals surface area contributed by atoms with Gasteiger partial charge in [0, 0.05) is 18.7 Å². The summed E-state index contributed by atoms with van der Waals surface area (Å²) in [5.74, 6) is 0.539. The first-order valence-corrected chi connectivity index (χ1v) is 6.19. The molecule has 2 fully saturated rings. The molecule has 1 saturated carbocycles. The molecule has 0 aromatic rings. The summed E-state index contributed by atoms with van der Waals surface area (Å²) in [4.78, 5) is 2.65. The Morgan fingerprint density at radius 3 is 2.43 bits per heavy atom. The Kier molecular flexibility index (Phi) is 3.45. The molecule has 0 aromatic heterocycles. The van der Waals surface area contributed by atoms with E-state index in [1.54, 1.807) is 0 Å². The highest BCUT2D eigenvalue weighted by atomic mass is 16.3. The van der Waals surface area contributed by atoms with E-state index in [1.807, 2.05) is 0 Å². The van der Waals surface area contributed by atoms with E-state index in [2.05, 4.69) is 11.8 Å². The molecule has 1 saturated heterocycles. The molecule has 0 spiro atoms. The summed E-state index contributed by atoms with van der Waals surface area (Å²) in [7, 11) is 0. The molecule has 2 aliphatic rings. The third kappa shape index (κ3) is 1.96. The van der Waals surface area contributed by atoms with Gasteiger partial charge in [0.1, 0.15) is 0 Å². The van der Waals surface area contributed by atoms with E-state index in [4.69, 9.17) is 0 Å². The maximum Gasteiger partial charge on any atom is 0.0474 e. The van der Waals surface area contributed by atoms with Crippen LogP contribution in [0.2, 0.25) is 0 Å². The van der Waals surface area contributed by atoms with Crippen molar-refractivity contribution in [3.8, 4) is 0 Å². The molecule has 0 amide bonds.